The van der Waals surface area contributed by atoms with Gasteiger partial charge >= 0.3 is 0 Å². The van der Waals surface area contributed by atoms with Gasteiger partial charge in [0.25, 0.3) is 0 Å². The lowest BCUT2D eigenvalue weighted by Gasteiger charge is -2.12. The van der Waals surface area contributed by atoms with Gasteiger partial charge in [0, 0.05) is 35.5 Å². The second kappa shape index (κ2) is 6.83. The highest BCUT2D eigenvalue weighted by Gasteiger charge is 2.44. The van der Waals surface area contributed by atoms with Crippen LogP contribution in [0.15, 0.2) is 28.0 Å². The summed E-state index contributed by atoms with van der Waals surface area (Å²) in [5, 5.41) is 5.82. The van der Waals surface area contributed by atoms with E-state index in [1.807, 2.05) is 18.4 Å². The second-order valence-electron chi connectivity index (χ2n) is 7.07. The highest BCUT2D eigenvalue weighted by Crippen LogP contribution is 2.44. The molecular weight excluding hydrogens is 373 g/mol. The molecule has 7 heteroatoms. The SMILES string of the molecule is Cc1c(C[C@@H](N)CC2(F)CC2)oc2c(NCc3cccs3)cc(Cl)nc12. The Kier molecular flexibility index (Phi) is 4.67. The van der Waals surface area contributed by atoms with E-state index < -0.39 is 5.67 Å². The van der Waals surface area contributed by atoms with Gasteiger partial charge < -0.3 is 15.5 Å². The number of pyridine rings is 1. The maximum atomic E-state index is 14.0. The summed E-state index contributed by atoms with van der Waals surface area (Å²) in [4.78, 5) is 5.63. The number of furan rings is 1. The summed E-state index contributed by atoms with van der Waals surface area (Å²) in [6.07, 6.45) is 2.11. The minimum atomic E-state index is -1.06. The minimum Gasteiger partial charge on any atom is -0.457 e. The van der Waals surface area contributed by atoms with Crippen molar-refractivity contribution in [3.8, 4) is 0 Å². The van der Waals surface area contributed by atoms with Crippen molar-refractivity contribution < 1.29 is 8.81 Å². The normalized spacial score (nSPS) is 16.8. The number of fused-ring (bicyclic) bond motifs is 1. The first-order chi connectivity index (χ1) is 12.4. The Balaban J connectivity index is 1.59. The van der Waals surface area contributed by atoms with Crippen molar-refractivity contribution in [3.05, 3.63) is 44.9 Å². The zero-order valence-electron chi connectivity index (χ0n) is 14.5. The van der Waals surface area contributed by atoms with E-state index in [1.165, 1.54) is 4.88 Å². The topological polar surface area (TPSA) is 64.1 Å². The lowest BCUT2D eigenvalue weighted by Crippen LogP contribution is -2.27. The third-order valence-corrected chi connectivity index (χ3v) is 5.91. The van der Waals surface area contributed by atoms with Crippen molar-refractivity contribution in [3.63, 3.8) is 0 Å². The van der Waals surface area contributed by atoms with Crippen LogP contribution < -0.4 is 11.1 Å². The molecule has 3 aromatic heterocycles. The van der Waals surface area contributed by atoms with E-state index in [2.05, 4.69) is 16.4 Å². The van der Waals surface area contributed by atoms with Gasteiger partial charge in [-0.25, -0.2) is 9.37 Å². The number of halogens is 2. The number of aryl methyl sites for hydroxylation is 1. The fraction of sp³-hybridized carbons (Fsp3) is 0.421. The number of aromatic nitrogens is 1. The Morgan fingerprint density at radius 3 is 3.00 bits per heavy atom. The number of nitrogens with two attached hydrogens (primary N) is 1. The molecule has 0 saturated heterocycles. The van der Waals surface area contributed by atoms with E-state index in [4.69, 9.17) is 21.8 Å². The minimum absolute atomic E-state index is 0.264. The zero-order valence-corrected chi connectivity index (χ0v) is 16.1. The maximum absolute atomic E-state index is 14.0. The molecule has 1 aliphatic carbocycles. The van der Waals surface area contributed by atoms with E-state index in [9.17, 15) is 4.39 Å². The van der Waals surface area contributed by atoms with E-state index in [0.29, 0.717) is 43.0 Å². The number of nitrogens with zero attached hydrogens (tertiary/aromatic N) is 1. The highest BCUT2D eigenvalue weighted by atomic mass is 35.5. The summed E-state index contributed by atoms with van der Waals surface area (Å²) < 4.78 is 20.0. The van der Waals surface area contributed by atoms with Gasteiger partial charge in [0.15, 0.2) is 5.58 Å². The third kappa shape index (κ3) is 3.72. The van der Waals surface area contributed by atoms with Gasteiger partial charge in [-0.2, -0.15) is 0 Å². The Labute approximate surface area is 160 Å². The summed E-state index contributed by atoms with van der Waals surface area (Å²) in [7, 11) is 0. The number of anilines is 1. The standard InChI is InChI=1S/C19H21ClFN3OS/c1-11-15(7-12(22)9-19(21)4-5-19)25-18-14(8-16(20)24-17(11)18)23-10-13-3-2-6-26-13/h2-3,6,8,12H,4-5,7,9-10,22H2,1H3,(H,23,24)/t12-/m1/s1. The number of thiophene rings is 1. The van der Waals surface area contributed by atoms with Crippen molar-refractivity contribution in [1.82, 2.24) is 4.98 Å². The molecule has 0 radical (unpaired) electrons. The Morgan fingerprint density at radius 2 is 2.31 bits per heavy atom. The van der Waals surface area contributed by atoms with Crippen LogP contribution in [0.1, 0.15) is 35.5 Å². The van der Waals surface area contributed by atoms with Crippen molar-refractivity contribution in [2.75, 3.05) is 5.32 Å². The van der Waals surface area contributed by atoms with Crippen molar-refractivity contribution in [1.29, 1.82) is 0 Å². The van der Waals surface area contributed by atoms with Crippen LogP contribution in [0.25, 0.3) is 11.1 Å². The molecule has 3 aromatic rings. The fourth-order valence-electron chi connectivity index (χ4n) is 3.23. The quantitative estimate of drug-likeness (QED) is 0.540. The number of nitrogens with one attached hydrogen (secondary N) is 1. The second-order valence-corrected chi connectivity index (χ2v) is 8.49. The van der Waals surface area contributed by atoms with Gasteiger partial charge in [-0.3, -0.25) is 0 Å². The molecular formula is C19H21ClFN3OS. The van der Waals surface area contributed by atoms with Crippen LogP contribution in [0.5, 0.6) is 0 Å². The number of hydrogen-bond donors (Lipinski definition) is 2. The van der Waals surface area contributed by atoms with E-state index in [1.54, 1.807) is 17.4 Å². The number of rotatable bonds is 7. The smallest absolute Gasteiger partial charge is 0.176 e. The highest BCUT2D eigenvalue weighted by molar-refractivity contribution is 7.09. The molecule has 1 aliphatic rings. The first kappa shape index (κ1) is 17.8. The Bertz CT molecular complexity index is 921. The van der Waals surface area contributed by atoms with Crippen molar-refractivity contribution >= 4 is 39.7 Å². The molecule has 3 heterocycles. The lowest BCUT2D eigenvalue weighted by molar-refractivity contribution is 0.267. The summed E-state index contributed by atoms with van der Waals surface area (Å²) in [5.74, 6) is 0.755. The lowest BCUT2D eigenvalue weighted by atomic mass is 10.0. The van der Waals surface area contributed by atoms with Crippen molar-refractivity contribution in [2.45, 2.75) is 50.9 Å². The first-order valence-electron chi connectivity index (χ1n) is 8.73. The maximum Gasteiger partial charge on any atom is 0.176 e. The third-order valence-electron chi connectivity index (χ3n) is 4.84. The van der Waals surface area contributed by atoms with Crippen LogP contribution in [-0.2, 0) is 13.0 Å². The molecule has 1 atom stereocenters. The van der Waals surface area contributed by atoms with E-state index in [-0.39, 0.29) is 6.04 Å². The Morgan fingerprint density at radius 1 is 1.50 bits per heavy atom. The average molecular weight is 394 g/mol. The van der Waals surface area contributed by atoms with E-state index in [0.717, 1.165) is 22.5 Å². The van der Waals surface area contributed by atoms with Gasteiger partial charge in [0.2, 0.25) is 0 Å². The molecule has 1 saturated carbocycles. The molecule has 138 valence electrons. The number of alkyl halides is 1. The Hall–Kier alpha value is -1.63. The zero-order chi connectivity index (χ0) is 18.3. The molecule has 26 heavy (non-hydrogen) atoms. The summed E-state index contributed by atoms with van der Waals surface area (Å²) in [6, 6.07) is 5.59. The summed E-state index contributed by atoms with van der Waals surface area (Å²) >= 11 is 7.89. The molecule has 0 aliphatic heterocycles. The van der Waals surface area contributed by atoms with Crippen molar-refractivity contribution in [2.24, 2.45) is 5.73 Å². The van der Waals surface area contributed by atoms with Gasteiger partial charge in [-0.05, 0) is 37.6 Å². The molecule has 0 aromatic carbocycles. The van der Waals surface area contributed by atoms with Gasteiger partial charge in [-0.1, -0.05) is 17.7 Å². The van der Waals surface area contributed by atoms with Crippen LogP contribution >= 0.6 is 22.9 Å². The molecule has 0 bridgehead atoms. The predicted molar refractivity (Wildman–Crippen MR) is 105 cm³/mol. The van der Waals surface area contributed by atoms with Gasteiger partial charge in [0.05, 0.1) is 5.69 Å². The average Bonchev–Trinajstić information content (AvgIpc) is 2.98. The van der Waals surface area contributed by atoms with Crippen LogP contribution in [0, 0.1) is 6.92 Å². The molecule has 0 amide bonds. The monoisotopic (exact) mass is 393 g/mol. The number of hydrogen-bond acceptors (Lipinski definition) is 5. The summed E-state index contributed by atoms with van der Waals surface area (Å²) in [6.45, 7) is 2.63. The first-order valence-corrected chi connectivity index (χ1v) is 9.98. The molecule has 0 unspecified atom stereocenters. The molecule has 4 nitrogen and oxygen atoms in total. The summed E-state index contributed by atoms with van der Waals surface area (Å²) in [5.41, 5.74) is 8.22. The van der Waals surface area contributed by atoms with Crippen LogP contribution in [0.2, 0.25) is 5.15 Å². The van der Waals surface area contributed by atoms with Gasteiger partial charge in [0.1, 0.15) is 22.1 Å². The largest absolute Gasteiger partial charge is 0.457 e. The van der Waals surface area contributed by atoms with Crippen LogP contribution in [0.3, 0.4) is 0 Å². The van der Waals surface area contributed by atoms with Crippen LogP contribution in [-0.4, -0.2) is 16.7 Å². The predicted octanol–water partition coefficient (Wildman–Crippen LogP) is 5.23. The molecule has 3 N–H and O–H groups in total. The molecule has 4 rings (SSSR count). The fourth-order valence-corrected chi connectivity index (χ4v) is 4.07. The van der Waals surface area contributed by atoms with Gasteiger partial charge in [-0.15, -0.1) is 11.3 Å². The van der Waals surface area contributed by atoms with E-state index >= 15 is 0 Å². The van der Waals surface area contributed by atoms with Crippen LogP contribution in [0.4, 0.5) is 10.1 Å². The molecule has 1 fully saturated rings. The molecule has 0 spiro atoms.